The molecule has 0 radical (unpaired) electrons. The van der Waals surface area contributed by atoms with E-state index in [0.717, 1.165) is 66.7 Å². The van der Waals surface area contributed by atoms with Gasteiger partial charge in [0.2, 0.25) is 0 Å². The van der Waals surface area contributed by atoms with E-state index in [4.69, 9.17) is 4.98 Å². The third-order valence-corrected chi connectivity index (χ3v) is 9.06. The van der Waals surface area contributed by atoms with E-state index in [1.54, 1.807) is 41.1 Å². The minimum atomic E-state index is 0.0923. The molecule has 10 heteroatoms. The Hall–Kier alpha value is -2.17. The van der Waals surface area contributed by atoms with Gasteiger partial charge in [-0.2, -0.15) is 0 Å². The van der Waals surface area contributed by atoms with E-state index in [0.29, 0.717) is 6.54 Å². The minimum absolute atomic E-state index is 0.0923. The quantitative estimate of drug-likeness (QED) is 0.271. The van der Waals surface area contributed by atoms with Gasteiger partial charge in [-0.1, -0.05) is 36.9 Å². The fourth-order valence-corrected chi connectivity index (χ4v) is 7.27. The van der Waals surface area contributed by atoms with E-state index in [2.05, 4.69) is 33.6 Å². The molecule has 7 nitrogen and oxygen atoms in total. The van der Waals surface area contributed by atoms with Gasteiger partial charge in [-0.15, -0.1) is 21.5 Å². The van der Waals surface area contributed by atoms with Gasteiger partial charge in [-0.3, -0.25) is 18.9 Å². The number of hydrogen-bond donors (Lipinski definition) is 0. The second kappa shape index (κ2) is 8.99. The summed E-state index contributed by atoms with van der Waals surface area (Å²) in [5.41, 5.74) is 2.12. The largest absolute Gasteiger partial charge is 0.297 e. The van der Waals surface area contributed by atoms with E-state index in [1.165, 1.54) is 0 Å². The Morgan fingerprint density at radius 1 is 1.28 bits per heavy atom. The normalized spacial score (nSPS) is 15.5. The molecule has 1 aliphatic heterocycles. The van der Waals surface area contributed by atoms with E-state index in [9.17, 15) is 4.79 Å². The molecule has 0 spiro atoms. The van der Waals surface area contributed by atoms with Crippen LogP contribution in [0.2, 0.25) is 0 Å². The maximum Gasteiger partial charge on any atom is 0.263 e. The molecule has 1 unspecified atom stereocenters. The first kappa shape index (κ1) is 21.7. The zero-order valence-corrected chi connectivity index (χ0v) is 20.7. The predicted molar refractivity (Wildman–Crippen MR) is 132 cm³/mol. The molecule has 0 bridgehead atoms. The number of aromatic nitrogens is 6. The lowest BCUT2D eigenvalue weighted by atomic mass is 10.2. The highest BCUT2D eigenvalue weighted by Gasteiger charge is 2.29. The fraction of sp³-hybridized carbons (Fsp3) is 0.409. The van der Waals surface area contributed by atoms with Gasteiger partial charge in [-0.05, 0) is 38.0 Å². The van der Waals surface area contributed by atoms with Crippen LogP contribution in [0.4, 0.5) is 0 Å². The number of hydrogen-bond acceptors (Lipinski definition) is 8. The fourth-order valence-electron chi connectivity index (χ4n) is 3.87. The Morgan fingerprint density at radius 2 is 2.16 bits per heavy atom. The Labute approximate surface area is 198 Å². The van der Waals surface area contributed by atoms with E-state index < -0.39 is 0 Å². The molecule has 0 saturated heterocycles. The number of rotatable bonds is 7. The zero-order valence-electron chi connectivity index (χ0n) is 18.2. The Bertz CT molecular complexity index is 1330. The molecule has 166 valence electrons. The first-order valence-electron chi connectivity index (χ1n) is 10.7. The summed E-state index contributed by atoms with van der Waals surface area (Å²) in [5, 5.41) is 11.3. The summed E-state index contributed by atoms with van der Waals surface area (Å²) in [5.74, 6) is 2.59. The van der Waals surface area contributed by atoms with Gasteiger partial charge in [0.05, 0.1) is 11.4 Å². The molecule has 0 aromatic carbocycles. The van der Waals surface area contributed by atoms with Crippen LogP contribution in [0.3, 0.4) is 0 Å². The van der Waals surface area contributed by atoms with Crippen molar-refractivity contribution in [2.45, 2.75) is 56.5 Å². The van der Waals surface area contributed by atoms with Crippen LogP contribution >= 0.6 is 34.9 Å². The number of pyridine rings is 1. The van der Waals surface area contributed by atoms with Crippen molar-refractivity contribution in [3.63, 3.8) is 0 Å². The molecule has 4 aromatic rings. The standard InChI is InChI=1S/C22H24N6OS3/c1-4-5-9-27-20(29)17-13(2)14(3)32-19(17)24-21(27)30-11-16-12-31-22-26-25-18(28(16)22)15-7-6-8-23-10-15/h6-8,10,16H,4-5,9,11-12H2,1-3H3. The average Bonchev–Trinajstić information content (AvgIpc) is 3.47. The molecule has 1 atom stereocenters. The molecule has 0 aliphatic carbocycles. The molecule has 0 saturated carbocycles. The van der Waals surface area contributed by atoms with Gasteiger partial charge in [-0.25, -0.2) is 4.98 Å². The SMILES string of the molecule is CCCCn1c(SCC2CSc3nnc(-c4cccnc4)n32)nc2sc(C)c(C)c2c1=O. The topological polar surface area (TPSA) is 78.5 Å². The van der Waals surface area contributed by atoms with Crippen LogP contribution in [0.15, 0.2) is 39.6 Å². The third kappa shape index (κ3) is 3.78. The third-order valence-electron chi connectivity index (χ3n) is 5.75. The van der Waals surface area contributed by atoms with Gasteiger partial charge < -0.3 is 0 Å². The van der Waals surface area contributed by atoms with Crippen molar-refractivity contribution in [2.24, 2.45) is 0 Å². The first-order chi connectivity index (χ1) is 15.6. The summed E-state index contributed by atoms with van der Waals surface area (Å²) >= 11 is 5.00. The van der Waals surface area contributed by atoms with Crippen LogP contribution in [-0.2, 0) is 6.54 Å². The molecular formula is C22H24N6OS3. The van der Waals surface area contributed by atoms with Crippen molar-refractivity contribution in [2.75, 3.05) is 11.5 Å². The molecule has 0 amide bonds. The van der Waals surface area contributed by atoms with Crippen LogP contribution in [0.25, 0.3) is 21.6 Å². The molecule has 32 heavy (non-hydrogen) atoms. The number of aryl methyl sites for hydroxylation is 2. The van der Waals surface area contributed by atoms with Crippen molar-refractivity contribution >= 4 is 45.1 Å². The molecule has 0 N–H and O–H groups in total. The van der Waals surface area contributed by atoms with Crippen LogP contribution in [-0.4, -0.2) is 40.8 Å². The Morgan fingerprint density at radius 3 is 2.94 bits per heavy atom. The summed E-state index contributed by atoms with van der Waals surface area (Å²) < 4.78 is 4.09. The number of thiophene rings is 1. The van der Waals surface area contributed by atoms with Crippen LogP contribution < -0.4 is 5.56 Å². The van der Waals surface area contributed by atoms with Crippen LogP contribution in [0.1, 0.15) is 36.2 Å². The van der Waals surface area contributed by atoms with Crippen LogP contribution in [0, 0.1) is 13.8 Å². The summed E-state index contributed by atoms with van der Waals surface area (Å²) in [6.07, 6.45) is 5.58. The monoisotopic (exact) mass is 484 g/mol. The van der Waals surface area contributed by atoms with E-state index in [-0.39, 0.29) is 11.6 Å². The summed E-state index contributed by atoms with van der Waals surface area (Å²) in [6, 6.07) is 4.15. The van der Waals surface area contributed by atoms with Crippen molar-refractivity contribution in [1.82, 2.24) is 29.3 Å². The Balaban J connectivity index is 1.47. The maximum atomic E-state index is 13.4. The highest BCUT2D eigenvalue weighted by Crippen LogP contribution is 2.39. The van der Waals surface area contributed by atoms with Gasteiger partial charge in [0, 0.05) is 40.9 Å². The second-order valence-electron chi connectivity index (χ2n) is 7.86. The van der Waals surface area contributed by atoms with Crippen LogP contribution in [0.5, 0.6) is 0 Å². The van der Waals surface area contributed by atoms with Gasteiger partial charge in [0.15, 0.2) is 16.1 Å². The van der Waals surface area contributed by atoms with Crippen molar-refractivity contribution in [3.8, 4) is 11.4 Å². The smallest absolute Gasteiger partial charge is 0.263 e. The molecule has 4 aromatic heterocycles. The van der Waals surface area contributed by atoms with Crippen molar-refractivity contribution < 1.29 is 0 Å². The average molecular weight is 485 g/mol. The van der Waals surface area contributed by atoms with E-state index >= 15 is 0 Å². The molecule has 1 aliphatic rings. The van der Waals surface area contributed by atoms with Gasteiger partial charge >= 0.3 is 0 Å². The highest BCUT2D eigenvalue weighted by molar-refractivity contribution is 8.00. The molecular weight excluding hydrogens is 460 g/mol. The first-order valence-corrected chi connectivity index (χ1v) is 13.5. The summed E-state index contributed by atoms with van der Waals surface area (Å²) in [6.45, 7) is 6.94. The second-order valence-corrected chi connectivity index (χ2v) is 11.0. The lowest BCUT2D eigenvalue weighted by Gasteiger charge is -2.16. The van der Waals surface area contributed by atoms with Gasteiger partial charge in [0.25, 0.3) is 5.56 Å². The maximum absolute atomic E-state index is 13.4. The zero-order chi connectivity index (χ0) is 22.2. The summed E-state index contributed by atoms with van der Waals surface area (Å²) in [4.78, 5) is 24.5. The lowest BCUT2D eigenvalue weighted by Crippen LogP contribution is -2.24. The molecule has 5 rings (SSSR count). The highest BCUT2D eigenvalue weighted by atomic mass is 32.2. The molecule has 5 heterocycles. The lowest BCUT2D eigenvalue weighted by molar-refractivity contribution is 0.555. The van der Waals surface area contributed by atoms with Gasteiger partial charge in [0.1, 0.15) is 4.83 Å². The number of unbranched alkanes of at least 4 members (excludes halogenated alkanes) is 1. The Kier molecular flexibility index (Phi) is 6.09. The number of thioether (sulfide) groups is 2. The van der Waals surface area contributed by atoms with Crippen molar-refractivity contribution in [3.05, 3.63) is 45.3 Å². The van der Waals surface area contributed by atoms with Crippen molar-refractivity contribution in [1.29, 1.82) is 0 Å². The minimum Gasteiger partial charge on any atom is -0.297 e. The van der Waals surface area contributed by atoms with E-state index in [1.807, 2.05) is 29.8 Å². The molecule has 0 fully saturated rings. The number of nitrogens with zero attached hydrogens (tertiary/aromatic N) is 6. The number of fused-ring (bicyclic) bond motifs is 2. The predicted octanol–water partition coefficient (Wildman–Crippen LogP) is 4.97. The summed E-state index contributed by atoms with van der Waals surface area (Å²) in [7, 11) is 0.